The molecule has 2 heterocycles. The monoisotopic (exact) mass is 406 g/mol. The van der Waals surface area contributed by atoms with Crippen molar-refractivity contribution in [1.82, 2.24) is 19.7 Å². The number of carbonyl (C=O) groups excluding carboxylic acids is 1. The van der Waals surface area contributed by atoms with Gasteiger partial charge in [-0.3, -0.25) is 4.79 Å². The standard InChI is InChI=1S/C24H27FN4O/c25-22-9-7-20(8-10-22)24(30)21-12-14-28(15-13-21)16-23(29-18-26-17-27-29)11-6-19-4-2-1-3-5-19/h1-5,7-10,17-18,21,23H,6,11-16H2. The van der Waals surface area contributed by atoms with Crippen LogP contribution in [0, 0.1) is 11.7 Å². The van der Waals surface area contributed by atoms with Crippen LogP contribution in [0.2, 0.25) is 0 Å². The Hall–Kier alpha value is -2.86. The molecule has 156 valence electrons. The zero-order valence-electron chi connectivity index (χ0n) is 17.0. The van der Waals surface area contributed by atoms with E-state index >= 15 is 0 Å². The summed E-state index contributed by atoms with van der Waals surface area (Å²) in [7, 11) is 0. The fourth-order valence-electron chi connectivity index (χ4n) is 4.22. The Labute approximate surface area is 176 Å². The van der Waals surface area contributed by atoms with E-state index in [1.165, 1.54) is 17.7 Å². The van der Waals surface area contributed by atoms with Crippen LogP contribution in [0.1, 0.15) is 41.2 Å². The molecule has 3 aromatic rings. The summed E-state index contributed by atoms with van der Waals surface area (Å²) in [5, 5.41) is 4.38. The van der Waals surface area contributed by atoms with Crippen molar-refractivity contribution in [3.05, 3.63) is 84.2 Å². The van der Waals surface area contributed by atoms with Crippen molar-refractivity contribution in [2.45, 2.75) is 31.7 Å². The first-order chi connectivity index (χ1) is 14.7. The van der Waals surface area contributed by atoms with Crippen molar-refractivity contribution in [3.63, 3.8) is 0 Å². The van der Waals surface area contributed by atoms with Gasteiger partial charge in [0.2, 0.25) is 0 Å². The van der Waals surface area contributed by atoms with E-state index in [-0.39, 0.29) is 23.6 Å². The van der Waals surface area contributed by atoms with Crippen LogP contribution in [0.3, 0.4) is 0 Å². The highest BCUT2D eigenvalue weighted by atomic mass is 19.1. The summed E-state index contributed by atoms with van der Waals surface area (Å²) in [5.41, 5.74) is 1.93. The molecule has 1 fully saturated rings. The van der Waals surface area contributed by atoms with Gasteiger partial charge in [-0.15, -0.1) is 0 Å². The summed E-state index contributed by atoms with van der Waals surface area (Å²) < 4.78 is 15.1. The van der Waals surface area contributed by atoms with Crippen LogP contribution < -0.4 is 0 Å². The van der Waals surface area contributed by atoms with Crippen LogP contribution >= 0.6 is 0 Å². The van der Waals surface area contributed by atoms with Gasteiger partial charge in [0.25, 0.3) is 0 Å². The minimum atomic E-state index is -0.309. The molecule has 1 atom stereocenters. The highest BCUT2D eigenvalue weighted by Crippen LogP contribution is 2.24. The molecule has 1 aliphatic heterocycles. The highest BCUT2D eigenvalue weighted by Gasteiger charge is 2.27. The van der Waals surface area contributed by atoms with E-state index in [2.05, 4.69) is 39.2 Å². The number of hydrogen-bond acceptors (Lipinski definition) is 4. The minimum Gasteiger partial charge on any atom is -0.301 e. The molecule has 0 N–H and O–H groups in total. The third kappa shape index (κ3) is 5.19. The average Bonchev–Trinajstić information content (AvgIpc) is 3.33. The van der Waals surface area contributed by atoms with Crippen molar-refractivity contribution >= 4 is 5.78 Å². The summed E-state index contributed by atoms with van der Waals surface area (Å²) >= 11 is 0. The Morgan fingerprint density at radius 1 is 1.07 bits per heavy atom. The first kappa shape index (κ1) is 20.4. The summed E-state index contributed by atoms with van der Waals surface area (Å²) in [6, 6.07) is 16.6. The lowest BCUT2D eigenvalue weighted by atomic mass is 9.88. The van der Waals surface area contributed by atoms with Gasteiger partial charge in [0, 0.05) is 18.0 Å². The Morgan fingerprint density at radius 2 is 1.80 bits per heavy atom. The first-order valence-electron chi connectivity index (χ1n) is 10.6. The Bertz CT molecular complexity index is 920. The molecule has 0 bridgehead atoms. The lowest BCUT2D eigenvalue weighted by Gasteiger charge is -2.33. The maximum atomic E-state index is 13.1. The number of benzene rings is 2. The fraction of sp³-hybridized carbons (Fsp3) is 0.375. The molecule has 5 nitrogen and oxygen atoms in total. The maximum absolute atomic E-state index is 13.1. The molecule has 30 heavy (non-hydrogen) atoms. The Morgan fingerprint density at radius 3 is 2.47 bits per heavy atom. The number of piperidine rings is 1. The molecule has 1 unspecified atom stereocenters. The van der Waals surface area contributed by atoms with E-state index in [1.54, 1.807) is 24.8 Å². The number of carbonyl (C=O) groups is 1. The van der Waals surface area contributed by atoms with Crippen molar-refractivity contribution < 1.29 is 9.18 Å². The van der Waals surface area contributed by atoms with Gasteiger partial charge in [0.1, 0.15) is 18.5 Å². The summed E-state index contributed by atoms with van der Waals surface area (Å²) in [6.07, 6.45) is 7.02. The summed E-state index contributed by atoms with van der Waals surface area (Å²) in [6.45, 7) is 2.66. The number of Topliss-reactive ketones (excluding diaryl/α,β-unsaturated/α-hetero) is 1. The first-order valence-corrected chi connectivity index (χ1v) is 10.6. The van der Waals surface area contributed by atoms with Crippen LogP contribution in [-0.4, -0.2) is 45.1 Å². The fourth-order valence-corrected chi connectivity index (χ4v) is 4.22. The van der Waals surface area contributed by atoms with Crippen molar-refractivity contribution in [2.24, 2.45) is 5.92 Å². The van der Waals surface area contributed by atoms with E-state index in [1.807, 2.05) is 10.7 Å². The van der Waals surface area contributed by atoms with Gasteiger partial charge in [-0.2, -0.15) is 5.10 Å². The SMILES string of the molecule is O=C(c1ccc(F)cc1)C1CCN(CC(CCc2ccccc2)n2cncn2)CC1. The number of aryl methyl sites for hydroxylation is 1. The molecule has 0 aliphatic carbocycles. The molecule has 6 heteroatoms. The van der Waals surface area contributed by atoms with Gasteiger partial charge in [-0.25, -0.2) is 14.1 Å². The molecule has 0 amide bonds. The van der Waals surface area contributed by atoms with Crippen LogP contribution in [0.15, 0.2) is 67.3 Å². The van der Waals surface area contributed by atoms with E-state index in [0.717, 1.165) is 45.3 Å². The zero-order chi connectivity index (χ0) is 20.8. The van der Waals surface area contributed by atoms with Gasteiger partial charge < -0.3 is 4.90 Å². The van der Waals surface area contributed by atoms with Gasteiger partial charge in [0.05, 0.1) is 6.04 Å². The second-order valence-electron chi connectivity index (χ2n) is 8.00. The van der Waals surface area contributed by atoms with Gasteiger partial charge >= 0.3 is 0 Å². The predicted molar refractivity (Wildman–Crippen MR) is 114 cm³/mol. The summed E-state index contributed by atoms with van der Waals surface area (Å²) in [4.78, 5) is 19.3. The molecule has 1 aliphatic rings. The van der Waals surface area contributed by atoms with Gasteiger partial charge in [-0.1, -0.05) is 30.3 Å². The molecule has 1 saturated heterocycles. The second-order valence-corrected chi connectivity index (χ2v) is 8.00. The third-order valence-corrected chi connectivity index (χ3v) is 5.98. The van der Waals surface area contributed by atoms with Crippen molar-refractivity contribution in [3.8, 4) is 0 Å². The van der Waals surface area contributed by atoms with Crippen molar-refractivity contribution in [2.75, 3.05) is 19.6 Å². The van der Waals surface area contributed by atoms with Crippen LogP contribution in [0.4, 0.5) is 4.39 Å². The largest absolute Gasteiger partial charge is 0.301 e. The number of nitrogens with zero attached hydrogens (tertiary/aromatic N) is 4. The number of aromatic nitrogens is 3. The zero-order valence-corrected chi connectivity index (χ0v) is 17.0. The van der Waals surface area contributed by atoms with Crippen LogP contribution in [0.25, 0.3) is 0 Å². The third-order valence-electron chi connectivity index (χ3n) is 5.98. The molecular weight excluding hydrogens is 379 g/mol. The summed E-state index contributed by atoms with van der Waals surface area (Å²) in [5.74, 6) is -0.163. The van der Waals surface area contributed by atoms with Crippen LogP contribution in [0.5, 0.6) is 0 Å². The van der Waals surface area contributed by atoms with Crippen molar-refractivity contribution in [1.29, 1.82) is 0 Å². The maximum Gasteiger partial charge on any atom is 0.166 e. The number of hydrogen-bond donors (Lipinski definition) is 0. The normalized spacial score (nSPS) is 16.4. The lowest BCUT2D eigenvalue weighted by Crippen LogP contribution is -2.39. The highest BCUT2D eigenvalue weighted by molar-refractivity contribution is 5.97. The van der Waals surface area contributed by atoms with Gasteiger partial charge in [-0.05, 0) is 68.6 Å². The topological polar surface area (TPSA) is 51.0 Å². The van der Waals surface area contributed by atoms with E-state index < -0.39 is 0 Å². The Balaban J connectivity index is 1.33. The number of halogens is 1. The minimum absolute atomic E-state index is 0.0147. The molecule has 1 aromatic heterocycles. The smallest absolute Gasteiger partial charge is 0.166 e. The second kappa shape index (κ2) is 9.76. The molecule has 4 rings (SSSR count). The molecule has 0 radical (unpaired) electrons. The average molecular weight is 407 g/mol. The molecule has 0 saturated carbocycles. The van der Waals surface area contributed by atoms with Gasteiger partial charge in [0.15, 0.2) is 5.78 Å². The lowest BCUT2D eigenvalue weighted by molar-refractivity contribution is 0.0823. The molecule has 2 aromatic carbocycles. The molecule has 0 spiro atoms. The molecular formula is C24H27FN4O. The van der Waals surface area contributed by atoms with E-state index in [0.29, 0.717) is 5.56 Å². The number of ketones is 1. The van der Waals surface area contributed by atoms with E-state index in [4.69, 9.17) is 0 Å². The van der Waals surface area contributed by atoms with E-state index in [9.17, 15) is 9.18 Å². The predicted octanol–water partition coefficient (Wildman–Crippen LogP) is 4.19. The number of likely N-dealkylation sites (tertiary alicyclic amines) is 1. The Kier molecular flexibility index (Phi) is 6.64. The van der Waals surface area contributed by atoms with Crippen LogP contribution in [-0.2, 0) is 6.42 Å². The quantitative estimate of drug-likeness (QED) is 0.527. The number of rotatable bonds is 8.